The fourth-order valence-electron chi connectivity index (χ4n) is 1.46. The molecule has 0 aromatic heterocycles. The van der Waals surface area contributed by atoms with Gasteiger partial charge in [0, 0.05) is 0 Å². The lowest BCUT2D eigenvalue weighted by molar-refractivity contribution is -0.144. The molecule has 80 valence electrons. The van der Waals surface area contributed by atoms with E-state index in [1.165, 1.54) is 7.11 Å². The van der Waals surface area contributed by atoms with E-state index in [1.807, 2.05) is 0 Å². The van der Waals surface area contributed by atoms with Gasteiger partial charge in [0.05, 0.1) is 13.2 Å². The molecule has 1 unspecified atom stereocenters. The molecule has 14 heavy (non-hydrogen) atoms. The number of hydrogen-bond donors (Lipinski definition) is 2. The molecule has 2 atom stereocenters. The lowest BCUT2D eigenvalue weighted by Gasteiger charge is -2.15. The van der Waals surface area contributed by atoms with Gasteiger partial charge in [0.1, 0.15) is 6.04 Å². The predicted molar refractivity (Wildman–Crippen MR) is 50.6 cm³/mol. The van der Waals surface area contributed by atoms with E-state index in [0.717, 1.165) is 19.4 Å². The number of carbonyl (C=O) groups is 2. The van der Waals surface area contributed by atoms with Crippen molar-refractivity contribution in [1.82, 2.24) is 10.6 Å². The fraction of sp³-hybridized carbons (Fsp3) is 0.778. The molecule has 0 aromatic rings. The highest BCUT2D eigenvalue weighted by molar-refractivity contribution is 5.87. The van der Waals surface area contributed by atoms with E-state index >= 15 is 0 Å². The first-order chi connectivity index (χ1) is 6.65. The van der Waals surface area contributed by atoms with Crippen molar-refractivity contribution in [3.05, 3.63) is 0 Å². The summed E-state index contributed by atoms with van der Waals surface area (Å²) in [5.41, 5.74) is 0. The molecule has 0 aromatic carbocycles. The van der Waals surface area contributed by atoms with Gasteiger partial charge in [-0.3, -0.25) is 4.79 Å². The lowest BCUT2D eigenvalue weighted by atomic mass is 10.2. The van der Waals surface area contributed by atoms with Crippen LogP contribution in [0.4, 0.5) is 0 Å². The van der Waals surface area contributed by atoms with E-state index in [9.17, 15) is 9.59 Å². The minimum atomic E-state index is -0.574. The smallest absolute Gasteiger partial charge is 0.328 e. The number of ether oxygens (including phenoxy) is 1. The number of carbonyl (C=O) groups excluding carboxylic acids is 2. The Bertz CT molecular complexity index is 224. The molecule has 0 bridgehead atoms. The molecular weight excluding hydrogens is 184 g/mol. The van der Waals surface area contributed by atoms with Crippen LogP contribution in [0.25, 0.3) is 0 Å². The topological polar surface area (TPSA) is 67.4 Å². The van der Waals surface area contributed by atoms with Gasteiger partial charge >= 0.3 is 5.97 Å². The van der Waals surface area contributed by atoms with Crippen molar-refractivity contribution in [3.8, 4) is 0 Å². The second-order valence-electron chi connectivity index (χ2n) is 3.40. The lowest BCUT2D eigenvalue weighted by Crippen LogP contribution is -2.47. The third-order valence-electron chi connectivity index (χ3n) is 2.29. The van der Waals surface area contributed by atoms with Gasteiger partial charge in [-0.05, 0) is 26.3 Å². The zero-order valence-corrected chi connectivity index (χ0v) is 8.50. The van der Waals surface area contributed by atoms with Gasteiger partial charge in [-0.15, -0.1) is 0 Å². The average Bonchev–Trinajstić information content (AvgIpc) is 2.69. The second-order valence-corrected chi connectivity index (χ2v) is 3.40. The van der Waals surface area contributed by atoms with Crippen LogP contribution in [0.1, 0.15) is 19.8 Å². The van der Waals surface area contributed by atoms with Crippen LogP contribution in [0.5, 0.6) is 0 Å². The monoisotopic (exact) mass is 200 g/mol. The summed E-state index contributed by atoms with van der Waals surface area (Å²) in [6.07, 6.45) is 1.84. The molecular formula is C9H16N2O3. The van der Waals surface area contributed by atoms with Crippen molar-refractivity contribution in [1.29, 1.82) is 0 Å². The Hall–Kier alpha value is -1.10. The Kier molecular flexibility index (Phi) is 3.88. The summed E-state index contributed by atoms with van der Waals surface area (Å²) in [5.74, 6) is -0.545. The van der Waals surface area contributed by atoms with Gasteiger partial charge in [0.15, 0.2) is 0 Å². The Morgan fingerprint density at radius 2 is 2.29 bits per heavy atom. The molecule has 1 heterocycles. The summed E-state index contributed by atoms with van der Waals surface area (Å²) < 4.78 is 4.50. The first-order valence-electron chi connectivity index (χ1n) is 4.76. The van der Waals surface area contributed by atoms with E-state index in [1.54, 1.807) is 6.92 Å². The Morgan fingerprint density at radius 3 is 2.79 bits per heavy atom. The Morgan fingerprint density at radius 1 is 1.57 bits per heavy atom. The molecule has 0 aliphatic carbocycles. The number of methoxy groups -OCH3 is 1. The van der Waals surface area contributed by atoms with Crippen molar-refractivity contribution in [2.24, 2.45) is 0 Å². The molecule has 1 fully saturated rings. The standard InChI is InChI=1S/C9H16N2O3/c1-6(9(13)14-2)11-8(12)7-4-3-5-10-7/h6-7,10H,3-5H2,1-2H3,(H,11,12)/t6?,7-/m0/s1. The molecule has 0 spiro atoms. The fourth-order valence-corrected chi connectivity index (χ4v) is 1.46. The van der Waals surface area contributed by atoms with Gasteiger partial charge in [0.25, 0.3) is 0 Å². The highest BCUT2D eigenvalue weighted by atomic mass is 16.5. The van der Waals surface area contributed by atoms with E-state index in [4.69, 9.17) is 0 Å². The molecule has 1 aliphatic heterocycles. The van der Waals surface area contributed by atoms with Crippen LogP contribution in [-0.2, 0) is 14.3 Å². The first-order valence-corrected chi connectivity index (χ1v) is 4.76. The molecule has 5 nitrogen and oxygen atoms in total. The predicted octanol–water partition coefficient (Wildman–Crippen LogP) is -0.584. The van der Waals surface area contributed by atoms with Crippen molar-refractivity contribution in [3.63, 3.8) is 0 Å². The quantitative estimate of drug-likeness (QED) is 0.598. The molecule has 1 aliphatic rings. The summed E-state index contributed by atoms with van der Waals surface area (Å²) in [6, 6.07) is -0.725. The number of hydrogen-bond acceptors (Lipinski definition) is 4. The number of rotatable bonds is 3. The summed E-state index contributed by atoms with van der Waals surface area (Å²) in [5, 5.41) is 5.65. The van der Waals surface area contributed by atoms with Crippen LogP contribution in [0, 0.1) is 0 Å². The van der Waals surface area contributed by atoms with Crippen LogP contribution >= 0.6 is 0 Å². The summed E-state index contributed by atoms with van der Waals surface area (Å²) in [4.78, 5) is 22.5. The zero-order valence-electron chi connectivity index (χ0n) is 8.50. The Balaban J connectivity index is 2.35. The highest BCUT2D eigenvalue weighted by Gasteiger charge is 2.25. The molecule has 2 N–H and O–H groups in total. The van der Waals surface area contributed by atoms with Crippen LogP contribution in [0.15, 0.2) is 0 Å². The van der Waals surface area contributed by atoms with Crippen LogP contribution in [0.2, 0.25) is 0 Å². The van der Waals surface area contributed by atoms with E-state index < -0.39 is 12.0 Å². The summed E-state index contributed by atoms with van der Waals surface area (Å²) in [6.45, 7) is 2.48. The number of nitrogens with one attached hydrogen (secondary N) is 2. The molecule has 1 rings (SSSR count). The van der Waals surface area contributed by atoms with Crippen LogP contribution in [0.3, 0.4) is 0 Å². The minimum absolute atomic E-state index is 0.125. The van der Waals surface area contributed by atoms with Crippen molar-refractivity contribution in [2.75, 3.05) is 13.7 Å². The van der Waals surface area contributed by atoms with Gasteiger partial charge < -0.3 is 15.4 Å². The van der Waals surface area contributed by atoms with Gasteiger partial charge in [-0.1, -0.05) is 0 Å². The van der Waals surface area contributed by atoms with Crippen LogP contribution < -0.4 is 10.6 Å². The Labute approximate surface area is 83.2 Å². The summed E-state index contributed by atoms with van der Waals surface area (Å²) >= 11 is 0. The van der Waals surface area contributed by atoms with Crippen molar-refractivity contribution < 1.29 is 14.3 Å². The molecule has 0 radical (unpaired) electrons. The van der Waals surface area contributed by atoms with Crippen molar-refractivity contribution >= 4 is 11.9 Å². The highest BCUT2D eigenvalue weighted by Crippen LogP contribution is 2.04. The SMILES string of the molecule is COC(=O)C(C)NC(=O)[C@@H]1CCCN1. The van der Waals surface area contributed by atoms with Gasteiger partial charge in [0.2, 0.25) is 5.91 Å². The average molecular weight is 200 g/mol. The van der Waals surface area contributed by atoms with E-state index in [2.05, 4.69) is 15.4 Å². The minimum Gasteiger partial charge on any atom is -0.467 e. The van der Waals surface area contributed by atoms with Crippen molar-refractivity contribution in [2.45, 2.75) is 31.8 Å². The first kappa shape index (κ1) is 11.0. The third-order valence-corrected chi connectivity index (χ3v) is 2.29. The van der Waals surface area contributed by atoms with Gasteiger partial charge in [-0.25, -0.2) is 4.79 Å². The molecule has 5 heteroatoms. The molecule has 0 saturated carbocycles. The number of esters is 1. The second kappa shape index (κ2) is 4.95. The maximum Gasteiger partial charge on any atom is 0.328 e. The third kappa shape index (κ3) is 2.70. The van der Waals surface area contributed by atoms with Crippen LogP contribution in [-0.4, -0.2) is 37.6 Å². The normalized spacial score (nSPS) is 22.9. The summed E-state index contributed by atoms with van der Waals surface area (Å²) in [7, 11) is 1.30. The maximum atomic E-state index is 11.5. The zero-order chi connectivity index (χ0) is 10.6. The largest absolute Gasteiger partial charge is 0.467 e. The van der Waals surface area contributed by atoms with Gasteiger partial charge in [-0.2, -0.15) is 0 Å². The maximum absolute atomic E-state index is 11.5. The molecule has 1 amide bonds. The van der Waals surface area contributed by atoms with E-state index in [0.29, 0.717) is 0 Å². The molecule has 1 saturated heterocycles. The van der Waals surface area contributed by atoms with E-state index in [-0.39, 0.29) is 11.9 Å². The number of amides is 1.